The van der Waals surface area contributed by atoms with Crippen LogP contribution in [-0.4, -0.2) is 9.55 Å². The number of aryl methyl sites for hydroxylation is 2. The Morgan fingerprint density at radius 3 is 1.51 bits per heavy atom. The second-order valence-corrected chi connectivity index (χ2v) is 12.3. The number of rotatable bonds is 5. The van der Waals surface area contributed by atoms with Crippen LogP contribution >= 0.6 is 19.5 Å². The molecule has 0 fully saturated rings. The predicted octanol–water partition coefficient (Wildman–Crippen LogP) is 5.42. The van der Waals surface area contributed by atoms with Crippen molar-refractivity contribution in [2.24, 2.45) is 0 Å². The van der Waals surface area contributed by atoms with Crippen LogP contribution in [0.1, 0.15) is 11.4 Å². The molecule has 0 saturated carbocycles. The molecule has 0 aliphatic carbocycles. The summed E-state index contributed by atoms with van der Waals surface area (Å²) >= 11 is 6.03. The molecule has 172 valence electrons. The van der Waals surface area contributed by atoms with E-state index in [-0.39, 0.29) is 0 Å². The molecule has 0 spiro atoms. The molecule has 0 amide bonds. The lowest BCUT2D eigenvalue weighted by molar-refractivity contribution is 0.920. The third-order valence-electron chi connectivity index (χ3n) is 6.33. The normalized spacial score (nSPS) is 11.4. The van der Waals surface area contributed by atoms with E-state index >= 15 is 0 Å². The van der Waals surface area contributed by atoms with Crippen LogP contribution in [0.15, 0.2) is 115 Å². The predicted molar refractivity (Wildman–Crippen MR) is 153 cm³/mol. The van der Waals surface area contributed by atoms with Crippen molar-refractivity contribution in [2.45, 2.75) is 13.8 Å². The zero-order valence-electron chi connectivity index (χ0n) is 19.8. The van der Waals surface area contributed by atoms with Gasteiger partial charge in [0.05, 0.1) is 0 Å². The zero-order chi connectivity index (χ0) is 24.4. The third-order valence-corrected chi connectivity index (χ3v) is 11.1. The first-order valence-corrected chi connectivity index (χ1v) is 13.8. The number of hydrogen-bond donors (Lipinski definition) is 1. The van der Waals surface area contributed by atoms with Gasteiger partial charge in [0.15, 0.2) is 23.0 Å². The quantitative estimate of drug-likeness (QED) is 0.263. The number of nitrogen functional groups attached to an aromatic ring is 1. The molecule has 0 atom stereocenters. The molecule has 1 heterocycles. The van der Waals surface area contributed by atoms with Crippen LogP contribution in [0.2, 0.25) is 0 Å². The third kappa shape index (κ3) is 3.99. The molecule has 5 aromatic rings. The Hall–Kier alpha value is -3.59. The van der Waals surface area contributed by atoms with Gasteiger partial charge >= 0.3 is 0 Å². The molecule has 2 N–H and O–H groups in total. The Morgan fingerprint density at radius 1 is 0.657 bits per heavy atom. The number of anilines is 1. The average molecular weight is 493 g/mol. The first-order chi connectivity index (χ1) is 17.0. The summed E-state index contributed by atoms with van der Waals surface area (Å²) in [5.41, 5.74) is 9.30. The monoisotopic (exact) mass is 492 g/mol. The van der Waals surface area contributed by atoms with Crippen LogP contribution in [-0.2, 0) is 0 Å². The molecule has 0 radical (unpaired) electrons. The van der Waals surface area contributed by atoms with Gasteiger partial charge in [-0.15, -0.1) is 0 Å². The summed E-state index contributed by atoms with van der Waals surface area (Å²) in [6.45, 7) is 4.04. The van der Waals surface area contributed by atoms with E-state index in [2.05, 4.69) is 104 Å². The summed E-state index contributed by atoms with van der Waals surface area (Å²) in [7, 11) is -2.47. The highest BCUT2D eigenvalue weighted by Gasteiger charge is 2.51. The Labute approximate surface area is 212 Å². The van der Waals surface area contributed by atoms with Crippen LogP contribution in [0, 0.1) is 18.5 Å². The van der Waals surface area contributed by atoms with E-state index in [4.69, 9.17) is 22.9 Å². The van der Waals surface area contributed by atoms with Crippen molar-refractivity contribution in [1.29, 1.82) is 0 Å². The number of aromatic nitrogens is 2. The minimum atomic E-state index is -2.47. The van der Waals surface area contributed by atoms with Crippen LogP contribution in [0.4, 0.5) is 5.82 Å². The van der Waals surface area contributed by atoms with Gasteiger partial charge in [-0.05, 0) is 62.4 Å². The number of hydrogen-bond acceptors (Lipinski definition) is 3. The Morgan fingerprint density at radius 2 is 1.09 bits per heavy atom. The van der Waals surface area contributed by atoms with Gasteiger partial charge in [0.2, 0.25) is 0 Å². The van der Waals surface area contributed by atoms with Gasteiger partial charge in [-0.3, -0.25) is 4.57 Å². The van der Waals surface area contributed by atoms with Crippen LogP contribution in [0.5, 0.6) is 0 Å². The SMILES string of the molecule is Cc1ccc(-n2c(C)nc(=S)c([P+](c3ccccc3)(c3ccccc3)c3ccccc3)c2N)cc1. The molecule has 0 saturated heterocycles. The fourth-order valence-electron chi connectivity index (χ4n) is 4.76. The summed E-state index contributed by atoms with van der Waals surface area (Å²) in [6, 6.07) is 40.2. The topological polar surface area (TPSA) is 43.8 Å². The number of nitrogens with two attached hydrogens (primary N) is 1. The van der Waals surface area contributed by atoms with E-state index in [0.717, 1.165) is 16.8 Å². The van der Waals surface area contributed by atoms with Gasteiger partial charge in [0.1, 0.15) is 21.7 Å². The largest absolute Gasteiger partial charge is 0.381 e. The van der Waals surface area contributed by atoms with Crippen molar-refractivity contribution < 1.29 is 0 Å². The highest BCUT2D eigenvalue weighted by atomic mass is 32.1. The maximum absolute atomic E-state index is 7.14. The first-order valence-electron chi connectivity index (χ1n) is 11.6. The maximum atomic E-state index is 7.14. The first kappa shape index (κ1) is 23.2. The van der Waals surface area contributed by atoms with Crippen LogP contribution < -0.4 is 27.0 Å². The van der Waals surface area contributed by atoms with Crippen molar-refractivity contribution in [1.82, 2.24) is 9.55 Å². The van der Waals surface area contributed by atoms with E-state index in [9.17, 15) is 0 Å². The van der Waals surface area contributed by atoms with Crippen molar-refractivity contribution in [3.63, 3.8) is 0 Å². The lowest BCUT2D eigenvalue weighted by atomic mass is 10.2. The van der Waals surface area contributed by atoms with E-state index in [1.807, 2.05) is 29.7 Å². The Bertz CT molecular complexity index is 1420. The van der Waals surface area contributed by atoms with Gasteiger partial charge in [-0.1, -0.05) is 84.5 Å². The van der Waals surface area contributed by atoms with E-state index in [1.54, 1.807) is 0 Å². The summed E-state index contributed by atoms with van der Waals surface area (Å²) < 4.78 is 2.59. The average Bonchev–Trinajstić information content (AvgIpc) is 2.89. The van der Waals surface area contributed by atoms with Crippen molar-refractivity contribution in [3.8, 4) is 5.69 Å². The second kappa shape index (κ2) is 9.58. The standard InChI is InChI=1S/C30H26N3PS/c1-22-18-20-24(21-19-22)33-23(2)32-30(35)28(29(33)31)34(25-12-6-3-7-13-25,26-14-8-4-9-15-26)27-16-10-5-11-17-27/h3-21H,1-2H3,(H-,31,35)/p+1. The van der Waals surface area contributed by atoms with Crippen molar-refractivity contribution in [3.05, 3.63) is 131 Å². The summed E-state index contributed by atoms with van der Waals surface area (Å²) in [5, 5.41) is 4.49. The number of nitrogens with zero attached hydrogens (tertiary/aromatic N) is 2. The Kier molecular flexibility index (Phi) is 6.34. The van der Waals surface area contributed by atoms with E-state index in [1.165, 1.54) is 21.5 Å². The molecular weight excluding hydrogens is 465 g/mol. The highest BCUT2D eigenvalue weighted by Crippen LogP contribution is 2.55. The molecular formula is C30H27N3PS+. The molecule has 3 nitrogen and oxygen atoms in total. The highest BCUT2D eigenvalue weighted by molar-refractivity contribution is 8.02. The van der Waals surface area contributed by atoms with E-state index < -0.39 is 7.26 Å². The summed E-state index contributed by atoms with van der Waals surface area (Å²) in [5.74, 6) is 1.41. The molecule has 0 aliphatic rings. The van der Waals surface area contributed by atoms with Crippen LogP contribution in [0.25, 0.3) is 5.69 Å². The van der Waals surface area contributed by atoms with Crippen LogP contribution in [0.3, 0.4) is 0 Å². The molecule has 0 bridgehead atoms. The van der Waals surface area contributed by atoms with Crippen molar-refractivity contribution >= 4 is 46.5 Å². The van der Waals surface area contributed by atoms with Gasteiger partial charge < -0.3 is 5.73 Å². The number of benzene rings is 4. The fourth-order valence-corrected chi connectivity index (χ4v) is 9.72. The maximum Gasteiger partial charge on any atom is 0.186 e. The molecule has 35 heavy (non-hydrogen) atoms. The fraction of sp³-hybridized carbons (Fsp3) is 0.0667. The second-order valence-electron chi connectivity index (χ2n) is 8.55. The minimum absolute atomic E-state index is 0.549. The van der Waals surface area contributed by atoms with Crippen molar-refractivity contribution in [2.75, 3.05) is 5.73 Å². The molecule has 4 aromatic carbocycles. The van der Waals surface area contributed by atoms with Gasteiger partial charge in [0.25, 0.3) is 0 Å². The molecule has 0 unspecified atom stereocenters. The molecule has 5 rings (SSSR count). The molecule has 1 aromatic heterocycles. The summed E-state index contributed by atoms with van der Waals surface area (Å²) in [4.78, 5) is 4.90. The lowest BCUT2D eigenvalue weighted by Crippen LogP contribution is -2.41. The smallest absolute Gasteiger partial charge is 0.186 e. The minimum Gasteiger partial charge on any atom is -0.381 e. The molecule has 5 heteroatoms. The van der Waals surface area contributed by atoms with Gasteiger partial charge in [0, 0.05) is 5.69 Å². The lowest BCUT2D eigenvalue weighted by Gasteiger charge is -2.29. The van der Waals surface area contributed by atoms with Gasteiger partial charge in [-0.2, -0.15) is 0 Å². The van der Waals surface area contributed by atoms with Gasteiger partial charge in [-0.25, -0.2) is 4.98 Å². The summed E-state index contributed by atoms with van der Waals surface area (Å²) in [6.07, 6.45) is 0. The Balaban J connectivity index is 1.97. The van der Waals surface area contributed by atoms with E-state index in [0.29, 0.717) is 10.5 Å². The molecule has 0 aliphatic heterocycles. The zero-order valence-corrected chi connectivity index (χ0v) is 21.5.